The molecule has 0 bridgehead atoms. The van der Waals surface area contributed by atoms with E-state index in [0.29, 0.717) is 11.4 Å². The Labute approximate surface area is 174 Å². The van der Waals surface area contributed by atoms with E-state index in [4.69, 9.17) is 0 Å². The van der Waals surface area contributed by atoms with E-state index in [9.17, 15) is 28.2 Å². The van der Waals surface area contributed by atoms with E-state index in [-0.39, 0.29) is 41.4 Å². The maximum absolute atomic E-state index is 12.4. The predicted octanol–water partition coefficient (Wildman–Crippen LogP) is -0.291. The van der Waals surface area contributed by atoms with Gasteiger partial charge in [-0.15, -0.1) is 11.8 Å². The van der Waals surface area contributed by atoms with Gasteiger partial charge in [-0.3, -0.25) is 4.79 Å². The highest BCUT2D eigenvalue weighted by Crippen LogP contribution is 2.51. The molecule has 3 aliphatic heterocycles. The first kappa shape index (κ1) is 22.3. The zero-order valence-corrected chi connectivity index (χ0v) is 18.2. The summed E-state index contributed by atoms with van der Waals surface area (Å²) in [6, 6.07) is -0.230. The van der Waals surface area contributed by atoms with Crippen LogP contribution in [0.2, 0.25) is 0 Å². The number of fused-ring (bicyclic) bond motifs is 1. The number of carboxylic acid groups (broad SMARTS) is 1. The van der Waals surface area contributed by atoms with Crippen molar-refractivity contribution in [2.75, 3.05) is 19.3 Å². The number of carbonyl (C=O) groups is 2. The van der Waals surface area contributed by atoms with Crippen LogP contribution in [0.25, 0.3) is 0 Å². The molecule has 0 aliphatic carbocycles. The van der Waals surface area contributed by atoms with Crippen molar-refractivity contribution in [3.05, 3.63) is 22.8 Å². The molecular formula is C18H27N3O6S2. The molecule has 0 aromatic carbocycles. The van der Waals surface area contributed by atoms with Gasteiger partial charge in [0.1, 0.15) is 5.70 Å². The van der Waals surface area contributed by atoms with Crippen LogP contribution < -0.4 is 10.0 Å². The van der Waals surface area contributed by atoms with Gasteiger partial charge in [-0.05, 0) is 13.3 Å². The number of aliphatic hydroxyl groups excluding tert-OH is 1. The first-order valence-electron chi connectivity index (χ1n) is 9.51. The second kappa shape index (κ2) is 8.38. The number of nitrogens with zero attached hydrogens (tertiary/aromatic N) is 1. The fourth-order valence-corrected chi connectivity index (χ4v) is 6.15. The number of aliphatic hydroxyl groups is 1. The second-order valence-corrected chi connectivity index (χ2v) is 11.0. The number of sulfonamides is 1. The fourth-order valence-electron chi connectivity index (χ4n) is 4.26. The van der Waals surface area contributed by atoms with Gasteiger partial charge in [0.2, 0.25) is 15.9 Å². The van der Waals surface area contributed by atoms with Crippen LogP contribution in [0.4, 0.5) is 0 Å². The average Bonchev–Trinajstić information content (AvgIpc) is 3.13. The lowest BCUT2D eigenvalue weighted by atomic mass is 9.79. The fraction of sp³-hybridized carbons (Fsp3) is 0.667. The maximum atomic E-state index is 12.4. The molecule has 3 rings (SSSR count). The highest BCUT2D eigenvalue weighted by Gasteiger charge is 2.60. The van der Waals surface area contributed by atoms with Crippen molar-refractivity contribution in [1.29, 1.82) is 0 Å². The largest absolute Gasteiger partial charge is 0.477 e. The SMILES string of the molecule is C[C@@H](O)[C@H]1C(=O)N2C(C(=O)O)=C(S[C@@H]3CN[C@H](/C=C\CNS(C)(=O)=O)C3)[C@H](C)[C@H]12. The molecule has 29 heavy (non-hydrogen) atoms. The number of nitrogens with one attached hydrogen (secondary N) is 2. The Kier molecular flexibility index (Phi) is 6.44. The molecule has 0 saturated carbocycles. The molecule has 4 N–H and O–H groups in total. The van der Waals surface area contributed by atoms with Gasteiger partial charge in [0, 0.05) is 35.2 Å². The van der Waals surface area contributed by atoms with E-state index in [2.05, 4.69) is 10.0 Å². The summed E-state index contributed by atoms with van der Waals surface area (Å²) in [5.41, 5.74) is 0.0470. The van der Waals surface area contributed by atoms with Gasteiger partial charge in [-0.25, -0.2) is 17.9 Å². The first-order chi connectivity index (χ1) is 13.5. The molecule has 9 nitrogen and oxygen atoms in total. The lowest BCUT2D eigenvalue weighted by molar-refractivity contribution is -0.163. The first-order valence-corrected chi connectivity index (χ1v) is 12.3. The lowest BCUT2D eigenvalue weighted by Gasteiger charge is -2.46. The van der Waals surface area contributed by atoms with Crippen LogP contribution >= 0.6 is 11.8 Å². The van der Waals surface area contributed by atoms with Gasteiger partial charge < -0.3 is 20.4 Å². The number of rotatable bonds is 8. The number of β-lactam (4-membered cyclic amide) rings is 1. The van der Waals surface area contributed by atoms with Crippen molar-refractivity contribution >= 4 is 33.7 Å². The van der Waals surface area contributed by atoms with Crippen LogP contribution in [-0.4, -0.2) is 78.2 Å². The number of hydrogen-bond donors (Lipinski definition) is 4. The van der Waals surface area contributed by atoms with Crippen molar-refractivity contribution in [3.63, 3.8) is 0 Å². The Hall–Kier alpha value is -1.40. The molecular weight excluding hydrogens is 418 g/mol. The smallest absolute Gasteiger partial charge is 0.353 e. The number of hydrogen-bond acceptors (Lipinski definition) is 7. The predicted molar refractivity (Wildman–Crippen MR) is 109 cm³/mol. The second-order valence-electron chi connectivity index (χ2n) is 7.81. The van der Waals surface area contributed by atoms with Crippen LogP contribution in [0.3, 0.4) is 0 Å². The lowest BCUT2D eigenvalue weighted by Crippen LogP contribution is -2.63. The van der Waals surface area contributed by atoms with E-state index in [1.54, 1.807) is 13.0 Å². The molecule has 1 amide bonds. The zero-order valence-electron chi connectivity index (χ0n) is 16.5. The minimum Gasteiger partial charge on any atom is -0.477 e. The van der Waals surface area contributed by atoms with Gasteiger partial charge in [-0.2, -0.15) is 0 Å². The third-order valence-electron chi connectivity index (χ3n) is 5.56. The Balaban J connectivity index is 1.65. The van der Waals surface area contributed by atoms with E-state index < -0.39 is 28.0 Å². The highest BCUT2D eigenvalue weighted by molar-refractivity contribution is 8.03. The number of carbonyl (C=O) groups excluding carboxylic acids is 1. The molecule has 0 aromatic heterocycles. The van der Waals surface area contributed by atoms with Crippen molar-refractivity contribution in [3.8, 4) is 0 Å². The van der Waals surface area contributed by atoms with Crippen LogP contribution in [-0.2, 0) is 19.6 Å². The molecule has 0 aromatic rings. The summed E-state index contributed by atoms with van der Waals surface area (Å²) in [5.74, 6) is -2.14. The quantitative estimate of drug-likeness (QED) is 0.296. The summed E-state index contributed by atoms with van der Waals surface area (Å²) in [7, 11) is -3.22. The summed E-state index contributed by atoms with van der Waals surface area (Å²) in [6.07, 6.45) is 4.72. The molecule has 3 aliphatic rings. The molecule has 0 unspecified atom stereocenters. The molecule has 2 saturated heterocycles. The van der Waals surface area contributed by atoms with Gasteiger partial charge >= 0.3 is 5.97 Å². The van der Waals surface area contributed by atoms with E-state index in [0.717, 1.165) is 12.7 Å². The molecule has 3 heterocycles. The summed E-state index contributed by atoms with van der Waals surface area (Å²) in [5, 5.41) is 23.1. The Morgan fingerprint density at radius 1 is 1.48 bits per heavy atom. The van der Waals surface area contributed by atoms with Crippen LogP contribution in [0.1, 0.15) is 20.3 Å². The molecule has 11 heteroatoms. The van der Waals surface area contributed by atoms with Crippen molar-refractivity contribution < 1.29 is 28.2 Å². The monoisotopic (exact) mass is 445 g/mol. The molecule has 0 spiro atoms. The highest BCUT2D eigenvalue weighted by atomic mass is 32.2. The van der Waals surface area contributed by atoms with Crippen molar-refractivity contribution in [2.45, 2.75) is 43.7 Å². The van der Waals surface area contributed by atoms with Gasteiger partial charge in [-0.1, -0.05) is 19.1 Å². The number of aliphatic carboxylic acids is 1. The summed E-state index contributed by atoms with van der Waals surface area (Å²) in [4.78, 5) is 26.3. The average molecular weight is 446 g/mol. The maximum Gasteiger partial charge on any atom is 0.353 e. The van der Waals surface area contributed by atoms with Crippen molar-refractivity contribution in [2.24, 2.45) is 11.8 Å². The summed E-state index contributed by atoms with van der Waals surface area (Å²) < 4.78 is 24.5. The third-order valence-corrected chi connectivity index (χ3v) is 7.76. The Morgan fingerprint density at radius 3 is 2.76 bits per heavy atom. The molecule has 0 radical (unpaired) electrons. The van der Waals surface area contributed by atoms with Gasteiger partial charge in [0.05, 0.1) is 24.3 Å². The van der Waals surface area contributed by atoms with Crippen LogP contribution in [0, 0.1) is 11.8 Å². The zero-order chi connectivity index (χ0) is 21.5. The van der Waals surface area contributed by atoms with Gasteiger partial charge in [0.15, 0.2) is 0 Å². The minimum atomic E-state index is -3.22. The minimum absolute atomic E-state index is 0.0470. The van der Waals surface area contributed by atoms with E-state index >= 15 is 0 Å². The normalized spacial score (nSPS) is 33.3. The topological polar surface area (TPSA) is 136 Å². The third kappa shape index (κ3) is 4.53. The van der Waals surface area contributed by atoms with E-state index in [1.807, 2.05) is 13.0 Å². The molecule has 162 valence electrons. The van der Waals surface area contributed by atoms with Crippen LogP contribution in [0.5, 0.6) is 0 Å². The van der Waals surface area contributed by atoms with Gasteiger partial charge in [0.25, 0.3) is 0 Å². The summed E-state index contributed by atoms with van der Waals surface area (Å²) in [6.45, 7) is 4.38. The molecule has 6 atom stereocenters. The van der Waals surface area contributed by atoms with Crippen molar-refractivity contribution in [1.82, 2.24) is 14.9 Å². The molecule has 2 fully saturated rings. The number of thioether (sulfide) groups is 1. The Morgan fingerprint density at radius 2 is 2.17 bits per heavy atom. The standard InChI is InChI=1S/C18H27N3O6S2/c1-9-14-13(10(2)22)17(23)21(14)15(18(24)25)16(9)28-12-7-11(19-8-12)5-4-6-20-29(3,26)27/h4-5,9-14,19-20,22H,6-8H2,1-3H3,(H,24,25)/b5-4-/t9-,10-,11-,12+,13-,14-/m1/s1. The number of carboxylic acids is 1. The number of amides is 1. The van der Waals surface area contributed by atoms with Crippen LogP contribution in [0.15, 0.2) is 22.8 Å². The Bertz CT molecular complexity index is 854. The summed E-state index contributed by atoms with van der Waals surface area (Å²) >= 11 is 1.49. The van der Waals surface area contributed by atoms with E-state index in [1.165, 1.54) is 16.7 Å².